The SMILES string of the molecule is C1CC1.Cn1nc(C(F)(F)F)cc1-c1cc2c(N3CCC(C#N)C3=O)ccnn2c1. The van der Waals surface area contributed by atoms with E-state index in [0.29, 0.717) is 29.7 Å². The van der Waals surface area contributed by atoms with Crippen LogP contribution in [0.5, 0.6) is 0 Å². The molecule has 0 radical (unpaired) electrons. The number of halogens is 3. The lowest BCUT2D eigenvalue weighted by molar-refractivity contribution is -0.141. The normalized spacial score (nSPS) is 18.3. The predicted molar refractivity (Wildman–Crippen MR) is 102 cm³/mol. The van der Waals surface area contributed by atoms with Crippen LogP contribution in [0.3, 0.4) is 0 Å². The summed E-state index contributed by atoms with van der Waals surface area (Å²) < 4.78 is 41.4. The summed E-state index contributed by atoms with van der Waals surface area (Å²) >= 11 is 0. The van der Waals surface area contributed by atoms with Crippen molar-refractivity contribution < 1.29 is 18.0 Å². The summed E-state index contributed by atoms with van der Waals surface area (Å²) in [4.78, 5) is 13.9. The molecule has 5 rings (SSSR count). The first-order valence-corrected chi connectivity index (χ1v) is 9.59. The number of aryl methyl sites for hydroxylation is 1. The predicted octanol–water partition coefficient (Wildman–Crippen LogP) is 3.80. The van der Waals surface area contributed by atoms with Gasteiger partial charge in [-0.05, 0) is 24.6 Å². The maximum atomic E-state index is 12.9. The minimum absolute atomic E-state index is 0.279. The number of nitrogens with zero attached hydrogens (tertiary/aromatic N) is 6. The van der Waals surface area contributed by atoms with Crippen LogP contribution in [0.2, 0.25) is 0 Å². The number of fused-ring (bicyclic) bond motifs is 1. The van der Waals surface area contributed by atoms with Gasteiger partial charge in [0.2, 0.25) is 5.91 Å². The van der Waals surface area contributed by atoms with Gasteiger partial charge in [-0.25, -0.2) is 4.52 Å². The quantitative estimate of drug-likeness (QED) is 0.637. The molecule has 1 unspecified atom stereocenters. The first-order valence-electron chi connectivity index (χ1n) is 9.59. The Bertz CT molecular complexity index is 1140. The van der Waals surface area contributed by atoms with Crippen LogP contribution < -0.4 is 4.90 Å². The van der Waals surface area contributed by atoms with Crippen molar-refractivity contribution in [1.29, 1.82) is 5.26 Å². The number of aromatic nitrogens is 4. The smallest absolute Gasteiger partial charge is 0.309 e. The Balaban J connectivity index is 0.000000667. The van der Waals surface area contributed by atoms with Crippen molar-refractivity contribution in [2.45, 2.75) is 31.9 Å². The van der Waals surface area contributed by atoms with Crippen molar-refractivity contribution in [3.63, 3.8) is 0 Å². The molecular formula is C20H19F3N6O. The average Bonchev–Trinajstić information content (AvgIpc) is 3.31. The van der Waals surface area contributed by atoms with E-state index in [1.165, 1.54) is 41.9 Å². The third kappa shape index (κ3) is 3.75. The highest BCUT2D eigenvalue weighted by atomic mass is 19.4. The fraction of sp³-hybridized carbons (Fsp3) is 0.400. The van der Waals surface area contributed by atoms with E-state index in [4.69, 9.17) is 5.26 Å². The van der Waals surface area contributed by atoms with E-state index < -0.39 is 17.8 Å². The molecule has 1 saturated carbocycles. The maximum Gasteiger partial charge on any atom is 0.435 e. The van der Waals surface area contributed by atoms with Crippen molar-refractivity contribution in [2.24, 2.45) is 13.0 Å². The molecule has 7 nitrogen and oxygen atoms in total. The highest BCUT2D eigenvalue weighted by Crippen LogP contribution is 2.34. The van der Waals surface area contributed by atoms with Gasteiger partial charge < -0.3 is 4.90 Å². The van der Waals surface area contributed by atoms with Gasteiger partial charge in [-0.1, -0.05) is 19.3 Å². The maximum absolute atomic E-state index is 12.9. The van der Waals surface area contributed by atoms with Crippen LogP contribution in [0.1, 0.15) is 31.4 Å². The summed E-state index contributed by atoms with van der Waals surface area (Å²) in [6.45, 7) is 0.404. The zero-order valence-corrected chi connectivity index (χ0v) is 16.2. The van der Waals surface area contributed by atoms with E-state index >= 15 is 0 Å². The van der Waals surface area contributed by atoms with Gasteiger partial charge in [-0.2, -0.15) is 28.6 Å². The standard InChI is InChI=1S/C17H13F3N6O.C3H6/c1-24-13(7-15(23-24)17(18,19)20)11-6-14-12(2-4-22-26(14)9-11)25-5-3-10(8-21)16(25)27;1-2-3-1/h2,4,6-7,9-10H,3,5H2,1H3;1-3H2. The second kappa shape index (κ2) is 7.48. The molecule has 1 aliphatic heterocycles. The summed E-state index contributed by atoms with van der Waals surface area (Å²) in [6, 6.07) is 6.27. The third-order valence-corrected chi connectivity index (χ3v) is 4.96. The van der Waals surface area contributed by atoms with Crippen LogP contribution in [-0.4, -0.2) is 31.8 Å². The monoisotopic (exact) mass is 416 g/mol. The zero-order chi connectivity index (χ0) is 21.5. The Morgan fingerprint density at radius 3 is 2.53 bits per heavy atom. The van der Waals surface area contributed by atoms with Gasteiger partial charge >= 0.3 is 6.18 Å². The van der Waals surface area contributed by atoms with Gasteiger partial charge in [0, 0.05) is 31.5 Å². The van der Waals surface area contributed by atoms with Crippen molar-refractivity contribution in [2.75, 3.05) is 11.4 Å². The lowest BCUT2D eigenvalue weighted by atomic mass is 10.1. The molecule has 2 aliphatic rings. The molecule has 0 aromatic carbocycles. The van der Waals surface area contributed by atoms with E-state index in [1.807, 2.05) is 6.07 Å². The summed E-state index contributed by atoms with van der Waals surface area (Å²) in [5.41, 5.74) is 0.923. The van der Waals surface area contributed by atoms with E-state index in [9.17, 15) is 18.0 Å². The van der Waals surface area contributed by atoms with Gasteiger partial charge in [-0.3, -0.25) is 9.48 Å². The Kier molecular flexibility index (Phi) is 4.97. The minimum Gasteiger partial charge on any atom is -0.309 e. The van der Waals surface area contributed by atoms with E-state index in [1.54, 1.807) is 18.3 Å². The second-order valence-corrected chi connectivity index (χ2v) is 7.33. The number of carbonyl (C=O) groups is 1. The topological polar surface area (TPSA) is 79.2 Å². The summed E-state index contributed by atoms with van der Waals surface area (Å²) in [5, 5.41) is 16.7. The first-order chi connectivity index (χ1) is 14.3. The van der Waals surface area contributed by atoms with Crippen LogP contribution in [0.4, 0.5) is 18.9 Å². The Hall–Kier alpha value is -3.35. The molecule has 1 amide bonds. The summed E-state index contributed by atoms with van der Waals surface area (Å²) in [5.74, 6) is -0.965. The molecule has 0 bridgehead atoms. The Labute approximate surface area is 170 Å². The van der Waals surface area contributed by atoms with Gasteiger partial charge in [-0.15, -0.1) is 0 Å². The molecule has 1 atom stereocenters. The lowest BCUT2D eigenvalue weighted by Crippen LogP contribution is -2.27. The number of hydrogen-bond donors (Lipinski definition) is 0. The molecule has 3 aromatic heterocycles. The van der Waals surface area contributed by atoms with Crippen molar-refractivity contribution in [3.8, 4) is 17.3 Å². The van der Waals surface area contributed by atoms with Crippen LogP contribution in [0.15, 0.2) is 30.6 Å². The number of carbonyl (C=O) groups excluding carboxylic acids is 1. The molecule has 4 heterocycles. The average molecular weight is 416 g/mol. The Morgan fingerprint density at radius 2 is 1.97 bits per heavy atom. The van der Waals surface area contributed by atoms with Crippen molar-refractivity contribution in [1.82, 2.24) is 19.4 Å². The fourth-order valence-corrected chi connectivity index (χ4v) is 3.28. The van der Waals surface area contributed by atoms with Gasteiger partial charge in [0.05, 0.1) is 23.0 Å². The highest BCUT2D eigenvalue weighted by Gasteiger charge is 2.35. The molecule has 10 heteroatoms. The van der Waals surface area contributed by atoms with Crippen LogP contribution in [0.25, 0.3) is 16.8 Å². The molecule has 156 valence electrons. The van der Waals surface area contributed by atoms with Crippen LogP contribution in [0, 0.1) is 17.2 Å². The lowest BCUT2D eigenvalue weighted by Gasteiger charge is -2.16. The van der Waals surface area contributed by atoms with E-state index in [2.05, 4.69) is 10.2 Å². The zero-order valence-electron chi connectivity index (χ0n) is 16.2. The van der Waals surface area contributed by atoms with E-state index in [-0.39, 0.29) is 11.6 Å². The number of nitriles is 1. The molecule has 1 aliphatic carbocycles. The van der Waals surface area contributed by atoms with Crippen molar-refractivity contribution in [3.05, 3.63) is 36.3 Å². The van der Waals surface area contributed by atoms with Gasteiger partial charge in [0.1, 0.15) is 5.92 Å². The second-order valence-electron chi connectivity index (χ2n) is 7.33. The summed E-state index contributed by atoms with van der Waals surface area (Å²) in [6.07, 6.45) is 3.49. The van der Waals surface area contributed by atoms with Crippen LogP contribution in [-0.2, 0) is 18.0 Å². The van der Waals surface area contributed by atoms with Gasteiger partial charge in [0.15, 0.2) is 5.69 Å². The van der Waals surface area contributed by atoms with Gasteiger partial charge in [0.25, 0.3) is 0 Å². The van der Waals surface area contributed by atoms with Crippen molar-refractivity contribution >= 4 is 17.1 Å². The number of amides is 1. The number of rotatable bonds is 2. The molecule has 0 N–H and O–H groups in total. The fourth-order valence-electron chi connectivity index (χ4n) is 3.28. The highest BCUT2D eigenvalue weighted by molar-refractivity contribution is 6.02. The molecule has 1 saturated heterocycles. The molecule has 3 aromatic rings. The molecule has 2 fully saturated rings. The first kappa shape index (κ1) is 19.9. The van der Waals surface area contributed by atoms with E-state index in [0.717, 1.165) is 10.7 Å². The minimum atomic E-state index is -4.53. The molecule has 0 spiro atoms. The molecule has 30 heavy (non-hydrogen) atoms. The third-order valence-electron chi connectivity index (χ3n) is 4.96. The van der Waals surface area contributed by atoms with Crippen LogP contribution >= 0.6 is 0 Å². The number of alkyl halides is 3. The summed E-state index contributed by atoms with van der Waals surface area (Å²) in [7, 11) is 1.43. The Morgan fingerprint density at radius 1 is 1.23 bits per heavy atom. The largest absolute Gasteiger partial charge is 0.435 e. The molecular weight excluding hydrogens is 397 g/mol. The number of hydrogen-bond acceptors (Lipinski definition) is 4. The number of anilines is 1.